The number of hydrogen-bond donors (Lipinski definition) is 3. The summed E-state index contributed by atoms with van der Waals surface area (Å²) >= 11 is 0. The van der Waals surface area contributed by atoms with Crippen LogP contribution in [0.4, 0.5) is 4.79 Å². The molecule has 1 aliphatic rings. The van der Waals surface area contributed by atoms with Gasteiger partial charge in [-0.1, -0.05) is 26.3 Å². The Bertz CT molecular complexity index is 943. The minimum atomic E-state index is -0.909. The molecule has 1 fully saturated rings. The number of hydrogen-bond acceptors (Lipinski definition) is 5. The van der Waals surface area contributed by atoms with Crippen LogP contribution in [0, 0.1) is 12.8 Å². The van der Waals surface area contributed by atoms with Crippen molar-refractivity contribution in [3.05, 3.63) is 29.3 Å². The van der Waals surface area contributed by atoms with Crippen LogP contribution < -0.4 is 10.6 Å². The number of nitrogens with one attached hydrogen (secondary N) is 2. The molecule has 1 aromatic rings. The fraction of sp³-hybridized carbons (Fsp3) is 0.679. The molecule has 0 radical (unpaired) electrons. The van der Waals surface area contributed by atoms with E-state index in [1.54, 1.807) is 50.8 Å². The zero-order valence-electron chi connectivity index (χ0n) is 23.4. The first-order valence-electron chi connectivity index (χ1n) is 13.0. The number of aryl methyl sites for hydroxylation is 1. The lowest BCUT2D eigenvalue weighted by molar-refractivity contribution is -0.149. The summed E-state index contributed by atoms with van der Waals surface area (Å²) in [4.78, 5) is 42.3. The number of carbonyl (C=O) groups excluding carboxylic acids is 3. The van der Waals surface area contributed by atoms with Crippen LogP contribution in [0.2, 0.25) is 0 Å². The lowest BCUT2D eigenvalue weighted by atomic mass is 9.86. The van der Waals surface area contributed by atoms with Crippen molar-refractivity contribution in [3.8, 4) is 5.75 Å². The molecule has 0 saturated heterocycles. The number of ether oxygens (including phenoxy) is 1. The molecule has 202 valence electrons. The predicted octanol–water partition coefficient (Wildman–Crippen LogP) is 4.98. The van der Waals surface area contributed by atoms with Gasteiger partial charge in [0.05, 0.1) is 0 Å². The standard InChI is InChI=1S/C28H45N3O5/c1-10-17(2)22(29-26(35)36-28(7,8)9)25(34)31(20-12-11-13-20)23(24(33)30-27(4,5)6)19-14-15-21(32)18(3)16-19/h14-17,20,22-23,32H,10-13H2,1-9H3,(H,29,35)(H,30,33). The van der Waals surface area contributed by atoms with Gasteiger partial charge in [-0.25, -0.2) is 4.79 Å². The van der Waals surface area contributed by atoms with Gasteiger partial charge in [0.1, 0.15) is 23.4 Å². The SMILES string of the molecule is CCC(C)C(NC(=O)OC(C)(C)C)C(=O)N(C1CCC1)C(C(=O)NC(C)(C)C)c1ccc(O)c(C)c1. The highest BCUT2D eigenvalue weighted by atomic mass is 16.6. The van der Waals surface area contributed by atoms with E-state index in [1.165, 1.54) is 0 Å². The summed E-state index contributed by atoms with van der Waals surface area (Å²) in [7, 11) is 0. The maximum atomic E-state index is 14.2. The van der Waals surface area contributed by atoms with Gasteiger partial charge < -0.3 is 25.4 Å². The van der Waals surface area contributed by atoms with Crippen LogP contribution in [0.15, 0.2) is 18.2 Å². The molecular formula is C28H45N3O5. The maximum Gasteiger partial charge on any atom is 0.408 e. The van der Waals surface area contributed by atoms with Gasteiger partial charge in [-0.15, -0.1) is 0 Å². The number of benzene rings is 1. The van der Waals surface area contributed by atoms with Crippen LogP contribution in [0.3, 0.4) is 0 Å². The van der Waals surface area contributed by atoms with Crippen molar-refractivity contribution in [2.24, 2.45) is 5.92 Å². The van der Waals surface area contributed by atoms with Crippen LogP contribution in [0.1, 0.15) is 98.2 Å². The summed E-state index contributed by atoms with van der Waals surface area (Å²) in [5.41, 5.74) is 0.0138. The van der Waals surface area contributed by atoms with Crippen molar-refractivity contribution in [2.75, 3.05) is 0 Å². The lowest BCUT2D eigenvalue weighted by Crippen LogP contribution is -2.60. The topological polar surface area (TPSA) is 108 Å². The zero-order valence-corrected chi connectivity index (χ0v) is 23.4. The Morgan fingerprint density at radius 3 is 2.19 bits per heavy atom. The molecule has 36 heavy (non-hydrogen) atoms. The number of carbonyl (C=O) groups is 3. The van der Waals surface area contributed by atoms with E-state index in [2.05, 4.69) is 10.6 Å². The number of alkyl carbamates (subject to hydrolysis) is 1. The molecule has 2 rings (SSSR count). The van der Waals surface area contributed by atoms with E-state index < -0.39 is 29.3 Å². The van der Waals surface area contributed by atoms with Gasteiger partial charge in [-0.2, -0.15) is 0 Å². The van der Waals surface area contributed by atoms with Crippen molar-refractivity contribution >= 4 is 17.9 Å². The van der Waals surface area contributed by atoms with Crippen molar-refractivity contribution in [1.29, 1.82) is 0 Å². The summed E-state index contributed by atoms with van der Waals surface area (Å²) in [5, 5.41) is 15.9. The molecule has 3 atom stereocenters. The summed E-state index contributed by atoms with van der Waals surface area (Å²) in [5.74, 6) is -0.660. The number of aromatic hydroxyl groups is 1. The van der Waals surface area contributed by atoms with Gasteiger partial charge in [0.25, 0.3) is 0 Å². The van der Waals surface area contributed by atoms with Gasteiger partial charge in [0, 0.05) is 11.6 Å². The number of nitrogens with zero attached hydrogens (tertiary/aromatic N) is 1. The first kappa shape index (κ1) is 29.5. The molecule has 1 saturated carbocycles. The minimum absolute atomic E-state index is 0.124. The Balaban J connectivity index is 2.56. The Morgan fingerprint density at radius 1 is 1.14 bits per heavy atom. The second-order valence-electron chi connectivity index (χ2n) is 12.0. The van der Waals surface area contributed by atoms with Gasteiger partial charge >= 0.3 is 6.09 Å². The third-order valence-corrected chi connectivity index (χ3v) is 6.44. The molecule has 8 nitrogen and oxygen atoms in total. The van der Waals surface area contributed by atoms with E-state index in [0.29, 0.717) is 17.5 Å². The van der Waals surface area contributed by atoms with Crippen molar-refractivity contribution < 1.29 is 24.2 Å². The van der Waals surface area contributed by atoms with Gasteiger partial charge in [0.15, 0.2) is 0 Å². The molecule has 1 aromatic carbocycles. The van der Waals surface area contributed by atoms with Gasteiger partial charge in [0.2, 0.25) is 11.8 Å². The second-order valence-corrected chi connectivity index (χ2v) is 12.0. The Labute approximate surface area is 216 Å². The normalized spacial score (nSPS) is 16.8. The summed E-state index contributed by atoms with van der Waals surface area (Å²) in [6.45, 7) is 16.6. The van der Waals surface area contributed by atoms with E-state index >= 15 is 0 Å². The third-order valence-electron chi connectivity index (χ3n) is 6.44. The number of phenolic OH excluding ortho intramolecular Hbond substituents is 1. The smallest absolute Gasteiger partial charge is 0.408 e. The minimum Gasteiger partial charge on any atom is -0.508 e. The molecule has 0 spiro atoms. The van der Waals surface area contributed by atoms with E-state index in [-0.39, 0.29) is 29.5 Å². The fourth-order valence-corrected chi connectivity index (χ4v) is 4.19. The Morgan fingerprint density at radius 2 is 1.75 bits per heavy atom. The van der Waals surface area contributed by atoms with E-state index in [9.17, 15) is 19.5 Å². The molecule has 3 N–H and O–H groups in total. The van der Waals surface area contributed by atoms with Gasteiger partial charge in [-0.05, 0) is 96.9 Å². The zero-order chi connectivity index (χ0) is 27.4. The van der Waals surface area contributed by atoms with Crippen molar-refractivity contribution in [3.63, 3.8) is 0 Å². The Kier molecular flexibility index (Phi) is 9.43. The number of phenols is 1. The Hall–Kier alpha value is -2.77. The third kappa shape index (κ3) is 7.87. The van der Waals surface area contributed by atoms with E-state index in [0.717, 1.165) is 19.3 Å². The molecular weight excluding hydrogens is 458 g/mol. The first-order valence-corrected chi connectivity index (χ1v) is 13.0. The van der Waals surface area contributed by atoms with Crippen LogP contribution in [-0.4, -0.2) is 51.1 Å². The molecule has 3 amide bonds. The highest BCUT2D eigenvalue weighted by Crippen LogP contribution is 2.36. The fourth-order valence-electron chi connectivity index (χ4n) is 4.19. The predicted molar refractivity (Wildman–Crippen MR) is 141 cm³/mol. The van der Waals surface area contributed by atoms with Crippen molar-refractivity contribution in [1.82, 2.24) is 15.5 Å². The summed E-state index contributed by atoms with van der Waals surface area (Å²) in [6, 6.07) is 3.10. The average Bonchev–Trinajstić information content (AvgIpc) is 2.69. The van der Waals surface area contributed by atoms with Crippen molar-refractivity contribution in [2.45, 2.75) is 117 Å². The maximum absolute atomic E-state index is 14.2. The molecule has 0 aliphatic heterocycles. The molecule has 0 aromatic heterocycles. The van der Waals surface area contributed by atoms with Gasteiger partial charge in [-0.3, -0.25) is 9.59 Å². The monoisotopic (exact) mass is 503 g/mol. The molecule has 1 aliphatic carbocycles. The molecule has 8 heteroatoms. The van der Waals surface area contributed by atoms with Crippen LogP contribution >= 0.6 is 0 Å². The molecule has 3 unspecified atom stereocenters. The van der Waals surface area contributed by atoms with Crippen LogP contribution in [-0.2, 0) is 14.3 Å². The molecule has 0 bridgehead atoms. The summed E-state index contributed by atoms with van der Waals surface area (Å²) in [6.07, 6.45) is 2.51. The lowest BCUT2D eigenvalue weighted by Gasteiger charge is -2.45. The highest BCUT2D eigenvalue weighted by molar-refractivity contribution is 5.93. The average molecular weight is 504 g/mol. The highest BCUT2D eigenvalue weighted by Gasteiger charge is 2.43. The number of rotatable bonds is 8. The number of amides is 3. The summed E-state index contributed by atoms with van der Waals surface area (Å²) < 4.78 is 5.45. The first-order chi connectivity index (χ1) is 16.5. The molecule has 0 heterocycles. The largest absolute Gasteiger partial charge is 0.508 e. The van der Waals surface area contributed by atoms with E-state index in [4.69, 9.17) is 4.74 Å². The second kappa shape index (κ2) is 11.5. The van der Waals surface area contributed by atoms with Crippen LogP contribution in [0.25, 0.3) is 0 Å². The quantitative estimate of drug-likeness (QED) is 0.464. The van der Waals surface area contributed by atoms with E-state index in [1.807, 2.05) is 34.6 Å². The van der Waals surface area contributed by atoms with Crippen LogP contribution in [0.5, 0.6) is 5.75 Å².